The van der Waals surface area contributed by atoms with Gasteiger partial charge >= 0.3 is 0 Å². The van der Waals surface area contributed by atoms with E-state index in [1.165, 1.54) is 34.2 Å². The number of H-pyrrole nitrogens is 1. The Bertz CT molecular complexity index is 1060. The van der Waals surface area contributed by atoms with Gasteiger partial charge in [-0.15, -0.1) is 11.3 Å². The monoisotopic (exact) mass is 335 g/mol. The molecular formula is C18H17N5S. The maximum absolute atomic E-state index is 4.71. The number of thiophene rings is 1. The highest BCUT2D eigenvalue weighted by atomic mass is 32.1. The highest BCUT2D eigenvalue weighted by Crippen LogP contribution is 2.39. The molecule has 1 aliphatic carbocycles. The van der Waals surface area contributed by atoms with Crippen LogP contribution in [0.4, 0.5) is 5.82 Å². The average Bonchev–Trinajstić information content (AvgIpc) is 3.26. The second kappa shape index (κ2) is 5.27. The van der Waals surface area contributed by atoms with Crippen molar-refractivity contribution in [2.24, 2.45) is 0 Å². The number of nitrogens with one attached hydrogen (secondary N) is 2. The van der Waals surface area contributed by atoms with Crippen LogP contribution < -0.4 is 5.32 Å². The highest BCUT2D eigenvalue weighted by Gasteiger charge is 2.21. The predicted octanol–water partition coefficient (Wildman–Crippen LogP) is 3.98. The number of rotatable bonds is 3. The Morgan fingerprint density at radius 1 is 1.25 bits per heavy atom. The van der Waals surface area contributed by atoms with Crippen molar-refractivity contribution < 1.29 is 0 Å². The van der Waals surface area contributed by atoms with Crippen molar-refractivity contribution in [2.75, 3.05) is 5.32 Å². The van der Waals surface area contributed by atoms with Crippen LogP contribution in [0.3, 0.4) is 0 Å². The third kappa shape index (κ3) is 2.10. The number of imidazole rings is 1. The van der Waals surface area contributed by atoms with Gasteiger partial charge < -0.3 is 10.3 Å². The fourth-order valence-corrected chi connectivity index (χ4v) is 4.77. The third-order valence-electron chi connectivity index (χ3n) is 4.69. The van der Waals surface area contributed by atoms with Crippen LogP contribution in [0.2, 0.25) is 0 Å². The number of nitrogens with zero attached hydrogens (tertiary/aromatic N) is 3. The SMILES string of the molecule is Cc1cccc2[nH]c(CNc3ncnc4sc5c(c34)CCC5)nc12. The van der Waals surface area contributed by atoms with Gasteiger partial charge in [0.15, 0.2) is 0 Å². The first-order valence-electron chi connectivity index (χ1n) is 8.23. The van der Waals surface area contributed by atoms with E-state index in [9.17, 15) is 0 Å². The van der Waals surface area contributed by atoms with Crippen molar-refractivity contribution in [2.45, 2.75) is 32.7 Å². The van der Waals surface area contributed by atoms with Crippen molar-refractivity contribution in [3.05, 3.63) is 46.4 Å². The number of anilines is 1. The summed E-state index contributed by atoms with van der Waals surface area (Å²) in [4.78, 5) is 19.6. The lowest BCUT2D eigenvalue weighted by Crippen LogP contribution is -2.04. The Kier molecular flexibility index (Phi) is 3.06. The lowest BCUT2D eigenvalue weighted by molar-refractivity contribution is 0.916. The van der Waals surface area contributed by atoms with Crippen LogP contribution in [-0.2, 0) is 19.4 Å². The summed E-state index contributed by atoms with van der Waals surface area (Å²) in [5.41, 5.74) is 4.75. The molecule has 2 N–H and O–H groups in total. The number of fused-ring (bicyclic) bond motifs is 4. The highest BCUT2D eigenvalue weighted by molar-refractivity contribution is 7.19. The minimum absolute atomic E-state index is 0.630. The number of hydrogen-bond donors (Lipinski definition) is 2. The van der Waals surface area contributed by atoms with Gasteiger partial charge in [0.1, 0.15) is 22.8 Å². The van der Waals surface area contributed by atoms with Crippen molar-refractivity contribution in [1.29, 1.82) is 0 Å². The molecule has 0 atom stereocenters. The summed E-state index contributed by atoms with van der Waals surface area (Å²) in [6.07, 6.45) is 5.22. The second-order valence-electron chi connectivity index (χ2n) is 6.27. The van der Waals surface area contributed by atoms with Crippen molar-refractivity contribution in [1.82, 2.24) is 19.9 Å². The summed E-state index contributed by atoms with van der Waals surface area (Å²) in [5, 5.41) is 4.67. The van der Waals surface area contributed by atoms with E-state index in [1.54, 1.807) is 6.33 Å². The van der Waals surface area contributed by atoms with E-state index in [2.05, 4.69) is 45.4 Å². The molecule has 1 aromatic carbocycles. The van der Waals surface area contributed by atoms with E-state index >= 15 is 0 Å². The van der Waals surface area contributed by atoms with E-state index in [-0.39, 0.29) is 0 Å². The first kappa shape index (κ1) is 13.9. The molecule has 0 bridgehead atoms. The Hall–Kier alpha value is -2.47. The fraction of sp³-hybridized carbons (Fsp3) is 0.278. The molecule has 5 nitrogen and oxygen atoms in total. The summed E-state index contributed by atoms with van der Waals surface area (Å²) in [5.74, 6) is 1.86. The lowest BCUT2D eigenvalue weighted by Gasteiger charge is -2.06. The van der Waals surface area contributed by atoms with Crippen LogP contribution in [0, 0.1) is 6.92 Å². The van der Waals surface area contributed by atoms with Crippen molar-refractivity contribution in [3.63, 3.8) is 0 Å². The summed E-state index contributed by atoms with van der Waals surface area (Å²) >= 11 is 1.81. The average molecular weight is 335 g/mol. The molecule has 4 aromatic rings. The summed E-state index contributed by atoms with van der Waals surface area (Å²) in [7, 11) is 0. The van der Waals surface area contributed by atoms with Crippen LogP contribution in [-0.4, -0.2) is 19.9 Å². The molecule has 24 heavy (non-hydrogen) atoms. The number of aromatic amines is 1. The summed E-state index contributed by atoms with van der Waals surface area (Å²) in [6, 6.07) is 6.20. The van der Waals surface area contributed by atoms with Crippen LogP contribution in [0.25, 0.3) is 21.3 Å². The summed E-state index contributed by atoms with van der Waals surface area (Å²) < 4.78 is 0. The summed E-state index contributed by atoms with van der Waals surface area (Å²) in [6.45, 7) is 2.72. The standard InChI is InChI=1S/C18H17N5S/c1-10-4-2-6-12-16(10)23-14(22-12)8-19-17-15-11-5-3-7-13(11)24-18(15)21-9-20-17/h2,4,6,9H,3,5,7-8H2,1H3,(H,22,23)(H,19,20,21). The zero-order chi connectivity index (χ0) is 16.1. The van der Waals surface area contributed by atoms with Gasteiger partial charge in [-0.05, 0) is 43.4 Å². The van der Waals surface area contributed by atoms with Crippen molar-refractivity contribution in [3.8, 4) is 0 Å². The topological polar surface area (TPSA) is 66.5 Å². The molecule has 0 radical (unpaired) electrons. The smallest absolute Gasteiger partial charge is 0.138 e. The van der Waals surface area contributed by atoms with Crippen LogP contribution in [0.15, 0.2) is 24.5 Å². The van der Waals surface area contributed by atoms with Crippen LogP contribution in [0.5, 0.6) is 0 Å². The van der Waals surface area contributed by atoms with Gasteiger partial charge in [-0.25, -0.2) is 15.0 Å². The number of benzene rings is 1. The molecule has 0 aliphatic heterocycles. The molecular weight excluding hydrogens is 318 g/mol. The number of hydrogen-bond acceptors (Lipinski definition) is 5. The Balaban J connectivity index is 1.49. The minimum Gasteiger partial charge on any atom is -0.362 e. The van der Waals surface area contributed by atoms with E-state index in [4.69, 9.17) is 4.98 Å². The molecule has 0 fully saturated rings. The maximum atomic E-state index is 4.71. The minimum atomic E-state index is 0.630. The second-order valence-corrected chi connectivity index (χ2v) is 7.35. The van der Waals surface area contributed by atoms with Gasteiger partial charge in [0.2, 0.25) is 0 Å². The molecule has 0 spiro atoms. The molecule has 0 saturated heterocycles. The predicted molar refractivity (Wildman–Crippen MR) is 97.6 cm³/mol. The van der Waals surface area contributed by atoms with E-state index in [1.807, 2.05) is 11.3 Å². The van der Waals surface area contributed by atoms with Crippen LogP contribution in [0.1, 0.15) is 28.2 Å². The molecule has 3 aromatic heterocycles. The first-order valence-corrected chi connectivity index (χ1v) is 9.04. The van der Waals surface area contributed by atoms with E-state index in [0.29, 0.717) is 6.54 Å². The van der Waals surface area contributed by atoms with E-state index in [0.717, 1.165) is 33.9 Å². The largest absolute Gasteiger partial charge is 0.362 e. The number of aromatic nitrogens is 4. The molecule has 120 valence electrons. The molecule has 5 rings (SSSR count). The number of para-hydroxylation sites is 1. The van der Waals surface area contributed by atoms with Crippen molar-refractivity contribution >= 4 is 38.4 Å². The normalized spacial score (nSPS) is 13.7. The molecule has 3 heterocycles. The molecule has 0 saturated carbocycles. The molecule has 0 amide bonds. The zero-order valence-electron chi connectivity index (χ0n) is 13.4. The Labute approximate surface area is 143 Å². The third-order valence-corrected chi connectivity index (χ3v) is 5.89. The van der Waals surface area contributed by atoms with Gasteiger partial charge in [0.25, 0.3) is 0 Å². The van der Waals surface area contributed by atoms with Gasteiger partial charge in [-0.1, -0.05) is 12.1 Å². The van der Waals surface area contributed by atoms with Gasteiger partial charge in [-0.2, -0.15) is 0 Å². The quantitative estimate of drug-likeness (QED) is 0.594. The first-order chi connectivity index (χ1) is 11.8. The van der Waals surface area contributed by atoms with E-state index < -0.39 is 0 Å². The van der Waals surface area contributed by atoms with Gasteiger partial charge in [0.05, 0.1) is 23.0 Å². The number of aryl methyl sites for hydroxylation is 3. The lowest BCUT2D eigenvalue weighted by atomic mass is 10.2. The molecule has 6 heteroatoms. The van der Waals surface area contributed by atoms with Crippen LogP contribution >= 0.6 is 11.3 Å². The van der Waals surface area contributed by atoms with Gasteiger partial charge in [-0.3, -0.25) is 0 Å². The molecule has 0 unspecified atom stereocenters. The zero-order valence-corrected chi connectivity index (χ0v) is 14.2. The van der Waals surface area contributed by atoms with Gasteiger partial charge in [0, 0.05) is 4.88 Å². The molecule has 1 aliphatic rings. The maximum Gasteiger partial charge on any atom is 0.138 e. The Morgan fingerprint density at radius 2 is 2.21 bits per heavy atom. The fourth-order valence-electron chi connectivity index (χ4n) is 3.54. The Morgan fingerprint density at radius 3 is 3.12 bits per heavy atom.